The van der Waals surface area contributed by atoms with Gasteiger partial charge in [0.1, 0.15) is 5.82 Å². The Bertz CT molecular complexity index is 1080. The summed E-state index contributed by atoms with van der Waals surface area (Å²) < 4.78 is 19.7. The molecule has 4 rings (SSSR count). The normalized spacial score (nSPS) is 13.6. The summed E-state index contributed by atoms with van der Waals surface area (Å²) in [5.74, 6) is -1.36. The molecule has 0 bridgehead atoms. The van der Waals surface area contributed by atoms with Crippen LogP contribution in [0.25, 0.3) is 11.0 Å². The predicted octanol–water partition coefficient (Wildman–Crippen LogP) is 4.40. The summed E-state index contributed by atoms with van der Waals surface area (Å²) in [6.45, 7) is -0.0719. The number of amides is 1. The van der Waals surface area contributed by atoms with E-state index in [-0.39, 0.29) is 50.0 Å². The van der Waals surface area contributed by atoms with E-state index in [1.165, 1.54) is 12.1 Å². The van der Waals surface area contributed by atoms with Crippen LogP contribution in [0.2, 0.25) is 10.0 Å². The second-order valence-electron chi connectivity index (χ2n) is 5.34. The van der Waals surface area contributed by atoms with Gasteiger partial charge in [-0.25, -0.2) is 4.39 Å². The molecule has 7 heteroatoms. The number of para-hydroxylation sites is 1. The molecule has 1 aliphatic heterocycles. The van der Waals surface area contributed by atoms with Crippen LogP contribution in [0.5, 0.6) is 0 Å². The highest BCUT2D eigenvalue weighted by atomic mass is 35.5. The van der Waals surface area contributed by atoms with E-state index >= 15 is 0 Å². The summed E-state index contributed by atoms with van der Waals surface area (Å²) in [5, 5.41) is 0.732. The molecule has 0 fully saturated rings. The van der Waals surface area contributed by atoms with E-state index < -0.39 is 11.7 Å². The molecule has 120 valence electrons. The molecular weight excluding hydrogens is 356 g/mol. The van der Waals surface area contributed by atoms with E-state index in [1.807, 2.05) is 0 Å². The van der Waals surface area contributed by atoms with Crippen molar-refractivity contribution in [2.45, 2.75) is 6.54 Å². The van der Waals surface area contributed by atoms with Crippen LogP contribution in [0.4, 0.5) is 10.1 Å². The monoisotopic (exact) mass is 363 g/mol. The molecule has 1 aliphatic rings. The first-order valence-electron chi connectivity index (χ1n) is 6.98. The maximum Gasteiger partial charge on any atom is 0.294 e. The van der Waals surface area contributed by atoms with Crippen LogP contribution in [0.3, 0.4) is 0 Å². The first-order valence-corrected chi connectivity index (χ1v) is 7.74. The van der Waals surface area contributed by atoms with Crippen LogP contribution in [0, 0.1) is 5.82 Å². The number of carbonyl (C=O) groups excluding carboxylic acids is 1. The standard InChI is InChI=1S/C17H8Cl2FNO3/c18-8-4-5-13(12(20)6-8)21-7-10-14(22)9-2-1-3-11(19)15(9)24-16(10)17(21)23/h1-6H,7H2. The third kappa shape index (κ3) is 2.12. The fourth-order valence-corrected chi connectivity index (χ4v) is 3.16. The van der Waals surface area contributed by atoms with Gasteiger partial charge in [0, 0.05) is 5.02 Å². The van der Waals surface area contributed by atoms with Crippen LogP contribution < -0.4 is 10.3 Å². The van der Waals surface area contributed by atoms with Crippen molar-refractivity contribution in [1.82, 2.24) is 0 Å². The van der Waals surface area contributed by atoms with Crippen molar-refractivity contribution in [3.8, 4) is 0 Å². The van der Waals surface area contributed by atoms with Crippen molar-refractivity contribution >= 4 is 45.8 Å². The number of anilines is 1. The lowest BCUT2D eigenvalue weighted by atomic mass is 10.1. The molecule has 0 atom stereocenters. The lowest BCUT2D eigenvalue weighted by Crippen LogP contribution is -2.24. The summed E-state index contributed by atoms with van der Waals surface area (Å²) in [7, 11) is 0. The van der Waals surface area contributed by atoms with Crippen molar-refractivity contribution in [3.63, 3.8) is 0 Å². The molecule has 0 spiro atoms. The number of benzene rings is 2. The summed E-state index contributed by atoms with van der Waals surface area (Å²) in [6, 6.07) is 8.73. The maximum atomic E-state index is 14.1. The summed E-state index contributed by atoms with van der Waals surface area (Å²) >= 11 is 11.8. The molecule has 4 nitrogen and oxygen atoms in total. The van der Waals surface area contributed by atoms with Crippen LogP contribution >= 0.6 is 23.2 Å². The van der Waals surface area contributed by atoms with Crippen LogP contribution in [-0.2, 0) is 6.54 Å². The first-order chi connectivity index (χ1) is 11.5. The second-order valence-corrected chi connectivity index (χ2v) is 6.19. The predicted molar refractivity (Wildman–Crippen MR) is 89.4 cm³/mol. The minimum absolute atomic E-state index is 0.0327. The average molecular weight is 364 g/mol. The topological polar surface area (TPSA) is 50.5 Å². The Morgan fingerprint density at radius 2 is 1.92 bits per heavy atom. The van der Waals surface area contributed by atoms with Gasteiger partial charge in [-0.05, 0) is 30.3 Å². The third-order valence-electron chi connectivity index (χ3n) is 3.92. The summed E-state index contributed by atoms with van der Waals surface area (Å²) in [5.41, 5.74) is 0.0168. The zero-order valence-corrected chi connectivity index (χ0v) is 13.5. The van der Waals surface area contributed by atoms with Crippen LogP contribution in [0.15, 0.2) is 45.6 Å². The highest BCUT2D eigenvalue weighted by Crippen LogP contribution is 2.33. The fraction of sp³-hybridized carbons (Fsp3) is 0.0588. The third-order valence-corrected chi connectivity index (χ3v) is 4.45. The summed E-state index contributed by atoms with van der Waals surface area (Å²) in [4.78, 5) is 26.4. The number of fused-ring (bicyclic) bond motifs is 2. The van der Waals surface area contributed by atoms with E-state index in [2.05, 4.69) is 0 Å². The molecule has 3 aromatic rings. The van der Waals surface area contributed by atoms with Gasteiger partial charge in [-0.15, -0.1) is 0 Å². The molecule has 0 unspecified atom stereocenters. The highest BCUT2D eigenvalue weighted by molar-refractivity contribution is 6.34. The molecule has 1 aromatic heterocycles. The minimum Gasteiger partial charge on any atom is -0.449 e. The van der Waals surface area contributed by atoms with E-state index in [0.717, 1.165) is 11.0 Å². The molecule has 0 saturated carbocycles. The van der Waals surface area contributed by atoms with Gasteiger partial charge in [0.15, 0.2) is 11.0 Å². The minimum atomic E-state index is -0.654. The number of halogens is 3. The molecule has 0 aliphatic carbocycles. The molecule has 24 heavy (non-hydrogen) atoms. The van der Waals surface area contributed by atoms with Gasteiger partial charge in [0.05, 0.1) is 28.2 Å². The Morgan fingerprint density at radius 1 is 1.12 bits per heavy atom. The Labute approximate surface area is 145 Å². The highest BCUT2D eigenvalue weighted by Gasteiger charge is 2.35. The lowest BCUT2D eigenvalue weighted by Gasteiger charge is -2.15. The van der Waals surface area contributed by atoms with Gasteiger partial charge in [0.25, 0.3) is 5.91 Å². The van der Waals surface area contributed by atoms with Crippen molar-refractivity contribution < 1.29 is 13.6 Å². The van der Waals surface area contributed by atoms with Crippen LogP contribution in [0.1, 0.15) is 16.1 Å². The molecule has 0 saturated heterocycles. The van der Waals surface area contributed by atoms with E-state index in [0.29, 0.717) is 0 Å². The van der Waals surface area contributed by atoms with E-state index in [9.17, 15) is 14.0 Å². The van der Waals surface area contributed by atoms with Gasteiger partial charge < -0.3 is 4.42 Å². The average Bonchev–Trinajstić information content (AvgIpc) is 2.86. The van der Waals surface area contributed by atoms with Gasteiger partial charge in [-0.2, -0.15) is 0 Å². The molecular formula is C17H8Cl2FNO3. The number of hydrogen-bond acceptors (Lipinski definition) is 3. The van der Waals surface area contributed by atoms with Crippen molar-refractivity contribution in [2.75, 3.05) is 4.90 Å². The maximum absolute atomic E-state index is 14.1. The fourth-order valence-electron chi connectivity index (χ4n) is 2.78. The summed E-state index contributed by atoms with van der Waals surface area (Å²) in [6.07, 6.45) is 0. The molecule has 0 radical (unpaired) electrons. The second kappa shape index (κ2) is 5.33. The number of hydrogen-bond donors (Lipinski definition) is 0. The molecule has 1 amide bonds. The van der Waals surface area contributed by atoms with E-state index in [4.69, 9.17) is 27.6 Å². The Balaban J connectivity index is 1.91. The van der Waals surface area contributed by atoms with Gasteiger partial charge >= 0.3 is 0 Å². The number of carbonyl (C=O) groups is 1. The zero-order valence-electron chi connectivity index (χ0n) is 12.0. The number of rotatable bonds is 1. The van der Waals surface area contributed by atoms with E-state index in [1.54, 1.807) is 18.2 Å². The van der Waals surface area contributed by atoms with Crippen LogP contribution in [-0.4, -0.2) is 5.91 Å². The molecule has 2 heterocycles. The lowest BCUT2D eigenvalue weighted by molar-refractivity contribution is 0.0973. The first kappa shape index (κ1) is 15.2. The van der Waals surface area contributed by atoms with Gasteiger partial charge in [0.2, 0.25) is 5.76 Å². The number of nitrogens with zero attached hydrogens (tertiary/aromatic N) is 1. The van der Waals surface area contributed by atoms with Gasteiger partial charge in [-0.1, -0.05) is 29.3 Å². The SMILES string of the molecule is O=C1c2oc3c(Cl)cccc3c(=O)c2CN1c1ccc(Cl)cc1F. The smallest absolute Gasteiger partial charge is 0.294 e. The van der Waals surface area contributed by atoms with Gasteiger partial charge in [-0.3, -0.25) is 14.5 Å². The Hall–Kier alpha value is -2.37. The molecule has 0 N–H and O–H groups in total. The largest absolute Gasteiger partial charge is 0.449 e. The van der Waals surface area contributed by atoms with Crippen molar-refractivity contribution in [1.29, 1.82) is 0 Å². The van der Waals surface area contributed by atoms with Crippen molar-refractivity contribution in [2.24, 2.45) is 0 Å². The van der Waals surface area contributed by atoms with Crippen molar-refractivity contribution in [3.05, 3.63) is 73.8 Å². The quantitative estimate of drug-likeness (QED) is 0.643. The molecule has 2 aromatic carbocycles. The zero-order chi connectivity index (χ0) is 17.0. The Kier molecular flexibility index (Phi) is 3.37. The Morgan fingerprint density at radius 3 is 2.67 bits per heavy atom.